The van der Waals surface area contributed by atoms with Gasteiger partial charge in [0.15, 0.2) is 0 Å². The van der Waals surface area contributed by atoms with E-state index in [0.717, 1.165) is 63.4 Å². The van der Waals surface area contributed by atoms with Crippen molar-refractivity contribution in [3.05, 3.63) is 36.5 Å². The van der Waals surface area contributed by atoms with E-state index in [1.165, 1.54) is 6.08 Å². The average Bonchev–Trinajstić information content (AvgIpc) is 3.09. The number of ether oxygens (including phenoxy) is 1. The Morgan fingerprint density at radius 1 is 1.06 bits per heavy atom. The fraction of sp³-hybridized carbons (Fsp3) is 0.588. The molecule has 14 heteroatoms. The summed E-state index contributed by atoms with van der Waals surface area (Å²) in [4.78, 5) is 45.9. The lowest BCUT2D eigenvalue weighted by molar-refractivity contribution is -0.111. The maximum Gasteiger partial charge on any atom is 0.326 e. The number of hydrogen-bond acceptors (Lipinski definition) is 9. The number of fused-ring (bicyclic) bond motifs is 1. The highest BCUT2D eigenvalue weighted by Crippen LogP contribution is 2.41. The van der Waals surface area contributed by atoms with Crippen molar-refractivity contribution in [2.75, 3.05) is 80.4 Å². The molecule has 48 heavy (non-hydrogen) atoms. The highest BCUT2D eigenvalue weighted by molar-refractivity contribution is 6.02. The van der Waals surface area contributed by atoms with Crippen LogP contribution in [0.2, 0.25) is 0 Å². The SMILES string of the molecule is C=CC(=O)Nc1cc(Nc2ncc3c(n2)N(C2CCC(F)(F)CC2)C(=O)N(CC)C3)c(OC)cc1N1CCC(N2CCN(C)CC2)CC1. The number of carbonyl (C=O) groups excluding carboxylic acids is 2. The highest BCUT2D eigenvalue weighted by Gasteiger charge is 2.42. The van der Waals surface area contributed by atoms with E-state index in [1.54, 1.807) is 29.2 Å². The third-order valence-corrected chi connectivity index (χ3v) is 10.2. The maximum atomic E-state index is 14.0. The average molecular weight is 668 g/mol. The number of likely N-dealkylation sites (N-methyl/N-ethyl adjacent to an activating group) is 1. The molecule has 4 heterocycles. The van der Waals surface area contributed by atoms with Crippen LogP contribution in [0, 0.1) is 0 Å². The number of nitrogens with one attached hydrogen (secondary N) is 2. The first-order valence-corrected chi connectivity index (χ1v) is 17.0. The summed E-state index contributed by atoms with van der Waals surface area (Å²) in [5.41, 5.74) is 2.72. The lowest BCUT2D eigenvalue weighted by Crippen LogP contribution is -2.53. The number of rotatable bonds is 9. The topological polar surface area (TPSA) is 109 Å². The summed E-state index contributed by atoms with van der Waals surface area (Å²) < 4.78 is 33.9. The Hall–Kier alpha value is -4.04. The first-order chi connectivity index (χ1) is 23.1. The van der Waals surface area contributed by atoms with E-state index < -0.39 is 5.92 Å². The van der Waals surface area contributed by atoms with Gasteiger partial charge in [0.05, 0.1) is 30.7 Å². The number of hydrogen-bond donors (Lipinski definition) is 2. The molecule has 12 nitrogen and oxygen atoms in total. The largest absolute Gasteiger partial charge is 0.494 e. The zero-order valence-corrected chi connectivity index (χ0v) is 28.2. The van der Waals surface area contributed by atoms with Crippen molar-refractivity contribution in [2.45, 2.75) is 70.0 Å². The van der Waals surface area contributed by atoms with Gasteiger partial charge in [-0.1, -0.05) is 6.58 Å². The molecule has 4 aliphatic rings. The van der Waals surface area contributed by atoms with Gasteiger partial charge in [-0.3, -0.25) is 14.6 Å². The van der Waals surface area contributed by atoms with E-state index in [9.17, 15) is 18.4 Å². The summed E-state index contributed by atoms with van der Waals surface area (Å²) in [6.45, 7) is 12.4. The van der Waals surface area contributed by atoms with Gasteiger partial charge in [0.25, 0.3) is 0 Å². The maximum absolute atomic E-state index is 14.0. The standard InChI is InChI=1S/C34H47F2N9O3/c1-5-30(46)38-26-19-27(29(48-4)20-28(26)44-13-9-24(10-14-44)43-17-15-41(3)16-18-43)39-32-37-21-23-22-42(6-2)33(47)45(31(23)40-32)25-7-11-34(35,36)12-8-25/h5,19-21,24-25H,1,6-18,22H2,2-4H3,(H,38,46)(H,37,39,40). The summed E-state index contributed by atoms with van der Waals surface area (Å²) in [5, 5.41) is 6.21. The zero-order chi connectivity index (χ0) is 34.0. The fourth-order valence-corrected chi connectivity index (χ4v) is 7.31. The molecule has 0 atom stereocenters. The van der Waals surface area contributed by atoms with E-state index >= 15 is 0 Å². The number of methoxy groups -OCH3 is 1. The number of urea groups is 1. The molecule has 0 unspecified atom stereocenters. The van der Waals surface area contributed by atoms with Gasteiger partial charge in [0.2, 0.25) is 17.8 Å². The van der Waals surface area contributed by atoms with Crippen molar-refractivity contribution in [2.24, 2.45) is 0 Å². The summed E-state index contributed by atoms with van der Waals surface area (Å²) in [7, 11) is 3.75. The minimum atomic E-state index is -2.72. The molecule has 1 aliphatic carbocycles. The van der Waals surface area contributed by atoms with Crippen molar-refractivity contribution in [1.29, 1.82) is 0 Å². The van der Waals surface area contributed by atoms with E-state index in [2.05, 4.69) is 43.9 Å². The predicted octanol–water partition coefficient (Wildman–Crippen LogP) is 4.91. The molecular formula is C34H47F2N9O3. The predicted molar refractivity (Wildman–Crippen MR) is 183 cm³/mol. The van der Waals surface area contributed by atoms with Crippen LogP contribution in [0.15, 0.2) is 31.0 Å². The third kappa shape index (κ3) is 7.19. The Morgan fingerprint density at radius 3 is 2.42 bits per heavy atom. The summed E-state index contributed by atoms with van der Waals surface area (Å²) in [5.74, 6) is -1.88. The number of alkyl halides is 2. The number of amides is 3. The van der Waals surface area contributed by atoms with Crippen LogP contribution in [-0.4, -0.2) is 115 Å². The van der Waals surface area contributed by atoms with Crippen LogP contribution in [0.25, 0.3) is 0 Å². The third-order valence-electron chi connectivity index (χ3n) is 10.2. The summed E-state index contributed by atoms with van der Waals surface area (Å²) in [6.07, 6.45) is 4.80. The number of nitrogens with zero attached hydrogens (tertiary/aromatic N) is 7. The molecule has 0 spiro atoms. The van der Waals surface area contributed by atoms with Gasteiger partial charge in [-0.05, 0) is 51.8 Å². The number of carbonyl (C=O) groups is 2. The van der Waals surface area contributed by atoms with Gasteiger partial charge in [0.1, 0.15) is 11.6 Å². The van der Waals surface area contributed by atoms with Crippen molar-refractivity contribution in [3.8, 4) is 5.75 Å². The van der Waals surface area contributed by atoms with Crippen LogP contribution in [-0.2, 0) is 11.3 Å². The van der Waals surface area contributed by atoms with Gasteiger partial charge >= 0.3 is 6.03 Å². The van der Waals surface area contributed by atoms with Gasteiger partial charge in [0, 0.05) is 88.6 Å². The molecule has 2 N–H and O–H groups in total. The fourth-order valence-electron chi connectivity index (χ4n) is 7.31. The quantitative estimate of drug-likeness (QED) is 0.361. The lowest BCUT2D eigenvalue weighted by Gasteiger charge is -2.43. The van der Waals surface area contributed by atoms with Crippen LogP contribution in [0.4, 0.5) is 42.4 Å². The van der Waals surface area contributed by atoms with Gasteiger partial charge in [-0.15, -0.1) is 0 Å². The number of benzene rings is 1. The second-order valence-electron chi connectivity index (χ2n) is 13.2. The Morgan fingerprint density at radius 2 is 1.77 bits per heavy atom. The second-order valence-corrected chi connectivity index (χ2v) is 13.2. The minimum Gasteiger partial charge on any atom is -0.494 e. The monoisotopic (exact) mass is 667 g/mol. The Bertz CT molecular complexity index is 1500. The summed E-state index contributed by atoms with van der Waals surface area (Å²) in [6, 6.07) is 3.62. The number of piperazine rings is 1. The molecule has 1 saturated carbocycles. The highest BCUT2D eigenvalue weighted by atomic mass is 19.3. The lowest BCUT2D eigenvalue weighted by atomic mass is 9.90. The van der Waals surface area contributed by atoms with E-state index in [4.69, 9.17) is 9.72 Å². The molecule has 0 bridgehead atoms. The Kier molecular flexibility index (Phi) is 10.0. The first kappa shape index (κ1) is 33.8. The number of piperidine rings is 1. The van der Waals surface area contributed by atoms with Crippen LogP contribution in [0.5, 0.6) is 5.75 Å². The zero-order valence-electron chi connectivity index (χ0n) is 28.2. The molecule has 0 radical (unpaired) electrons. The molecule has 1 aromatic carbocycles. The molecule has 6 rings (SSSR count). The Labute approximate surface area is 281 Å². The van der Waals surface area contributed by atoms with Crippen LogP contribution in [0.3, 0.4) is 0 Å². The molecule has 1 aromatic heterocycles. The molecule has 3 amide bonds. The van der Waals surface area contributed by atoms with Gasteiger partial charge in [-0.25, -0.2) is 18.6 Å². The normalized spacial score (nSPS) is 21.2. The van der Waals surface area contributed by atoms with Crippen molar-refractivity contribution >= 4 is 40.8 Å². The summed E-state index contributed by atoms with van der Waals surface area (Å²) >= 11 is 0. The van der Waals surface area contributed by atoms with Crippen LogP contribution >= 0.6 is 0 Å². The van der Waals surface area contributed by atoms with Crippen LogP contribution < -0.4 is 25.2 Å². The van der Waals surface area contributed by atoms with Gasteiger partial charge < -0.3 is 30.1 Å². The molecule has 3 aliphatic heterocycles. The minimum absolute atomic E-state index is 0.191. The van der Waals surface area contributed by atoms with E-state index in [1.807, 2.05) is 13.0 Å². The number of aromatic nitrogens is 2. The molecule has 2 aromatic rings. The van der Waals surface area contributed by atoms with Crippen molar-refractivity contribution in [1.82, 2.24) is 24.7 Å². The van der Waals surface area contributed by atoms with E-state index in [0.29, 0.717) is 42.1 Å². The molecule has 3 fully saturated rings. The molecular weight excluding hydrogens is 620 g/mol. The van der Waals surface area contributed by atoms with Gasteiger partial charge in [-0.2, -0.15) is 4.98 Å². The van der Waals surface area contributed by atoms with Crippen molar-refractivity contribution in [3.63, 3.8) is 0 Å². The smallest absolute Gasteiger partial charge is 0.326 e. The first-order valence-electron chi connectivity index (χ1n) is 17.0. The number of halogens is 2. The molecule has 260 valence electrons. The number of anilines is 5. The molecule has 2 saturated heterocycles. The second kappa shape index (κ2) is 14.2. The Balaban J connectivity index is 1.26. The van der Waals surface area contributed by atoms with Crippen LogP contribution in [0.1, 0.15) is 51.0 Å². The van der Waals surface area contributed by atoms with E-state index in [-0.39, 0.29) is 49.6 Å². The van der Waals surface area contributed by atoms with Crippen molar-refractivity contribution < 1.29 is 23.1 Å².